The number of aromatic nitrogens is 1. The van der Waals surface area contributed by atoms with Crippen LogP contribution in [0.5, 0.6) is 0 Å². The van der Waals surface area contributed by atoms with Gasteiger partial charge < -0.3 is 9.84 Å². The van der Waals surface area contributed by atoms with E-state index < -0.39 is 0 Å². The van der Waals surface area contributed by atoms with E-state index in [0.29, 0.717) is 18.3 Å². The van der Waals surface area contributed by atoms with Gasteiger partial charge in [-0.1, -0.05) is 24.2 Å². The number of carbonyl (C=O) groups is 1. The summed E-state index contributed by atoms with van der Waals surface area (Å²) >= 11 is 0. The Morgan fingerprint density at radius 2 is 2.13 bits per heavy atom. The Labute approximate surface area is 137 Å². The van der Waals surface area contributed by atoms with Crippen LogP contribution < -0.4 is 5.32 Å². The van der Waals surface area contributed by atoms with Gasteiger partial charge in [-0.05, 0) is 50.9 Å². The summed E-state index contributed by atoms with van der Waals surface area (Å²) in [6.45, 7) is 7.44. The van der Waals surface area contributed by atoms with Crippen LogP contribution in [0.25, 0.3) is 11.0 Å². The van der Waals surface area contributed by atoms with Crippen LogP contribution in [0, 0.1) is 5.92 Å². The fourth-order valence-electron chi connectivity index (χ4n) is 3.14. The van der Waals surface area contributed by atoms with Gasteiger partial charge in [-0.3, -0.25) is 9.69 Å². The van der Waals surface area contributed by atoms with Crippen molar-refractivity contribution < 1.29 is 9.32 Å². The Kier molecular flexibility index (Phi) is 4.96. The molecule has 1 aliphatic heterocycles. The van der Waals surface area contributed by atoms with E-state index in [9.17, 15) is 4.79 Å². The normalized spacial score (nSPS) is 18.2. The molecule has 1 fully saturated rings. The lowest BCUT2D eigenvalue weighted by molar-refractivity contribution is -0.120. The topological polar surface area (TPSA) is 58.4 Å². The highest BCUT2D eigenvalue weighted by atomic mass is 16.5. The van der Waals surface area contributed by atoms with E-state index in [4.69, 9.17) is 4.52 Å². The average Bonchev–Trinajstić information content (AvgIpc) is 2.96. The summed E-state index contributed by atoms with van der Waals surface area (Å²) in [5.74, 6) is 0.828. The molecule has 0 radical (unpaired) electrons. The molecule has 0 bridgehead atoms. The lowest BCUT2D eigenvalue weighted by atomic mass is 9.98. The van der Waals surface area contributed by atoms with Crippen molar-refractivity contribution in [2.45, 2.75) is 39.2 Å². The summed E-state index contributed by atoms with van der Waals surface area (Å²) in [6, 6.07) is 8.01. The van der Waals surface area contributed by atoms with Crippen molar-refractivity contribution in [3.05, 3.63) is 30.0 Å². The second kappa shape index (κ2) is 7.13. The van der Waals surface area contributed by atoms with Crippen LogP contribution >= 0.6 is 0 Å². The molecule has 1 amide bonds. The van der Waals surface area contributed by atoms with Gasteiger partial charge in [-0.25, -0.2) is 0 Å². The fraction of sp³-hybridized carbons (Fsp3) is 0.556. The van der Waals surface area contributed by atoms with Crippen molar-refractivity contribution in [1.29, 1.82) is 0 Å². The zero-order valence-electron chi connectivity index (χ0n) is 13.9. The molecule has 1 aromatic carbocycles. The summed E-state index contributed by atoms with van der Waals surface area (Å²) in [6.07, 6.45) is 2.77. The molecule has 5 heteroatoms. The number of piperidine rings is 1. The molecule has 1 aromatic heterocycles. The van der Waals surface area contributed by atoms with Crippen molar-refractivity contribution in [3.8, 4) is 0 Å². The van der Waals surface area contributed by atoms with Crippen LogP contribution in [-0.2, 0) is 11.2 Å². The number of hydrogen-bond donors (Lipinski definition) is 1. The second-order valence-corrected chi connectivity index (χ2v) is 6.67. The molecule has 0 aliphatic carbocycles. The third-order valence-electron chi connectivity index (χ3n) is 4.82. The molecule has 5 nitrogen and oxygen atoms in total. The van der Waals surface area contributed by atoms with Crippen LogP contribution in [0.4, 0.5) is 0 Å². The highest BCUT2D eigenvalue weighted by Gasteiger charge is 2.21. The SMILES string of the molecule is CC1CCN([C@@H](C)CNC(=O)Cc2noc3ccccc23)CC1. The maximum absolute atomic E-state index is 12.2. The average molecular weight is 315 g/mol. The zero-order valence-corrected chi connectivity index (χ0v) is 13.9. The number of fused-ring (bicyclic) bond motifs is 1. The first-order chi connectivity index (χ1) is 11.1. The van der Waals surface area contributed by atoms with Gasteiger partial charge in [-0.2, -0.15) is 0 Å². The monoisotopic (exact) mass is 315 g/mol. The lowest BCUT2D eigenvalue weighted by Crippen LogP contribution is -2.45. The fourth-order valence-corrected chi connectivity index (χ4v) is 3.14. The summed E-state index contributed by atoms with van der Waals surface area (Å²) < 4.78 is 5.24. The van der Waals surface area contributed by atoms with Crippen LogP contribution in [-0.4, -0.2) is 41.6 Å². The lowest BCUT2D eigenvalue weighted by Gasteiger charge is -2.35. The molecule has 3 rings (SSSR count). The van der Waals surface area contributed by atoms with E-state index in [1.807, 2.05) is 24.3 Å². The van der Waals surface area contributed by atoms with Gasteiger partial charge >= 0.3 is 0 Å². The highest BCUT2D eigenvalue weighted by molar-refractivity contribution is 5.86. The van der Waals surface area contributed by atoms with Crippen molar-refractivity contribution in [1.82, 2.24) is 15.4 Å². The third kappa shape index (κ3) is 3.91. The number of nitrogens with zero attached hydrogens (tertiary/aromatic N) is 2. The van der Waals surface area contributed by atoms with Crippen molar-refractivity contribution in [2.75, 3.05) is 19.6 Å². The summed E-state index contributed by atoms with van der Waals surface area (Å²) in [4.78, 5) is 14.6. The molecule has 1 saturated heterocycles. The number of amides is 1. The van der Waals surface area contributed by atoms with Gasteiger partial charge in [0.15, 0.2) is 5.58 Å². The second-order valence-electron chi connectivity index (χ2n) is 6.67. The number of hydrogen-bond acceptors (Lipinski definition) is 4. The Hall–Kier alpha value is -1.88. The smallest absolute Gasteiger partial charge is 0.226 e. The number of benzene rings is 1. The Morgan fingerprint density at radius 1 is 1.39 bits per heavy atom. The number of para-hydroxylation sites is 1. The van der Waals surface area contributed by atoms with E-state index in [1.165, 1.54) is 12.8 Å². The Morgan fingerprint density at radius 3 is 2.91 bits per heavy atom. The molecule has 1 aliphatic rings. The summed E-state index contributed by atoms with van der Waals surface area (Å²) in [5, 5.41) is 7.96. The van der Waals surface area contributed by atoms with E-state index in [1.54, 1.807) is 0 Å². The molecule has 1 N–H and O–H groups in total. The van der Waals surface area contributed by atoms with Gasteiger partial charge in [0.2, 0.25) is 5.91 Å². The van der Waals surface area contributed by atoms with Crippen LogP contribution in [0.2, 0.25) is 0 Å². The maximum Gasteiger partial charge on any atom is 0.226 e. The molecule has 2 heterocycles. The minimum Gasteiger partial charge on any atom is -0.356 e. The van der Waals surface area contributed by atoms with Crippen LogP contribution in [0.3, 0.4) is 0 Å². The van der Waals surface area contributed by atoms with Gasteiger partial charge in [0.1, 0.15) is 5.69 Å². The molecule has 0 saturated carbocycles. The molecule has 0 unspecified atom stereocenters. The first kappa shape index (κ1) is 16.0. The number of carbonyl (C=O) groups excluding carboxylic acids is 1. The Balaban J connectivity index is 1.49. The molecule has 2 aromatic rings. The predicted octanol–water partition coefficient (Wildman–Crippen LogP) is 2.61. The van der Waals surface area contributed by atoms with Crippen molar-refractivity contribution >= 4 is 16.9 Å². The van der Waals surface area contributed by atoms with Gasteiger partial charge in [0.25, 0.3) is 0 Å². The third-order valence-corrected chi connectivity index (χ3v) is 4.82. The maximum atomic E-state index is 12.2. The summed E-state index contributed by atoms with van der Waals surface area (Å²) in [5.41, 5.74) is 1.43. The largest absolute Gasteiger partial charge is 0.356 e. The van der Waals surface area contributed by atoms with E-state index >= 15 is 0 Å². The summed E-state index contributed by atoms with van der Waals surface area (Å²) in [7, 11) is 0. The van der Waals surface area contributed by atoms with Gasteiger partial charge in [-0.15, -0.1) is 0 Å². The molecule has 124 valence electrons. The molecule has 1 atom stereocenters. The zero-order chi connectivity index (χ0) is 16.2. The van der Waals surface area contributed by atoms with E-state index in [0.717, 1.165) is 30.0 Å². The minimum atomic E-state index is 0.00119. The van der Waals surface area contributed by atoms with Crippen LogP contribution in [0.15, 0.2) is 28.8 Å². The van der Waals surface area contributed by atoms with E-state index in [2.05, 4.69) is 29.2 Å². The first-order valence-corrected chi connectivity index (χ1v) is 8.47. The Bertz CT molecular complexity index is 659. The highest BCUT2D eigenvalue weighted by Crippen LogP contribution is 2.19. The number of likely N-dealkylation sites (tertiary alicyclic amines) is 1. The predicted molar refractivity (Wildman–Crippen MR) is 90.2 cm³/mol. The number of nitrogens with one attached hydrogen (secondary N) is 1. The van der Waals surface area contributed by atoms with Gasteiger partial charge in [0.05, 0.1) is 6.42 Å². The standard InChI is InChI=1S/C18H25N3O2/c1-13-7-9-21(10-8-13)14(2)12-19-18(22)11-16-15-5-3-4-6-17(15)23-20-16/h3-6,13-14H,7-12H2,1-2H3,(H,19,22)/t14-/m0/s1. The van der Waals surface area contributed by atoms with E-state index in [-0.39, 0.29) is 12.3 Å². The first-order valence-electron chi connectivity index (χ1n) is 8.47. The van der Waals surface area contributed by atoms with Crippen molar-refractivity contribution in [2.24, 2.45) is 5.92 Å². The van der Waals surface area contributed by atoms with Crippen molar-refractivity contribution in [3.63, 3.8) is 0 Å². The van der Waals surface area contributed by atoms with Gasteiger partial charge in [0, 0.05) is 18.0 Å². The minimum absolute atomic E-state index is 0.00119. The van der Waals surface area contributed by atoms with Crippen LogP contribution in [0.1, 0.15) is 32.4 Å². The number of rotatable bonds is 5. The molecular formula is C18H25N3O2. The quantitative estimate of drug-likeness (QED) is 0.921. The molecule has 23 heavy (non-hydrogen) atoms. The molecular weight excluding hydrogens is 290 g/mol. The molecule has 0 spiro atoms.